The second-order valence-electron chi connectivity index (χ2n) is 11.3. The fourth-order valence-corrected chi connectivity index (χ4v) is 5.27. The van der Waals surface area contributed by atoms with Crippen molar-refractivity contribution >= 4 is 23.2 Å². The minimum Gasteiger partial charge on any atom is -0.493 e. The number of hydrogen-bond acceptors (Lipinski definition) is 6. The Bertz CT molecular complexity index is 1410. The van der Waals surface area contributed by atoms with E-state index < -0.39 is 11.7 Å². The molecule has 2 unspecified atom stereocenters. The summed E-state index contributed by atoms with van der Waals surface area (Å²) in [4.78, 5) is 27.2. The largest absolute Gasteiger partial charge is 0.493 e. The molecule has 0 radical (unpaired) electrons. The second kappa shape index (κ2) is 11.7. The van der Waals surface area contributed by atoms with Gasteiger partial charge in [-0.15, -0.1) is 0 Å². The monoisotopic (exact) mass is 544 g/mol. The number of benzene rings is 1. The van der Waals surface area contributed by atoms with Crippen LogP contribution in [-0.4, -0.2) is 37.5 Å². The third-order valence-electron chi connectivity index (χ3n) is 7.38. The zero-order chi connectivity index (χ0) is 29.2. The molecule has 1 aromatic carbocycles. The fraction of sp³-hybridized carbons (Fsp3) is 0.412. The molecule has 0 amide bonds. The maximum atomic E-state index is 13.6. The lowest BCUT2D eigenvalue weighted by atomic mass is 9.80. The minimum absolute atomic E-state index is 0.0115. The molecule has 0 saturated carbocycles. The smallest absolute Gasteiger partial charge is 0.228 e. The van der Waals surface area contributed by atoms with Crippen LogP contribution in [0.2, 0.25) is 0 Å². The third kappa shape index (κ3) is 5.86. The number of rotatable bonds is 9. The topological polar surface area (TPSA) is 71.1 Å². The molecule has 2 heterocycles. The first kappa shape index (κ1) is 29.2. The van der Waals surface area contributed by atoms with Gasteiger partial charge in [0.1, 0.15) is 17.5 Å². The van der Waals surface area contributed by atoms with Crippen LogP contribution in [0.1, 0.15) is 78.4 Å². The molecule has 1 aromatic rings. The van der Waals surface area contributed by atoms with Crippen molar-refractivity contribution in [1.29, 1.82) is 0 Å². The van der Waals surface area contributed by atoms with E-state index in [9.17, 15) is 9.59 Å². The van der Waals surface area contributed by atoms with Gasteiger partial charge in [-0.25, -0.2) is 0 Å². The Hall–Kier alpha value is -3.80. The van der Waals surface area contributed by atoms with Crippen LogP contribution in [0.4, 0.5) is 0 Å². The molecule has 0 fully saturated rings. The van der Waals surface area contributed by atoms with Crippen LogP contribution in [0.15, 0.2) is 64.5 Å². The number of Topliss-reactive ketones (excluding diaryl/α,β-unsaturated/α-hetero) is 1. The molecule has 6 nitrogen and oxygen atoms in total. The van der Waals surface area contributed by atoms with Gasteiger partial charge < -0.3 is 18.9 Å². The summed E-state index contributed by atoms with van der Waals surface area (Å²) in [6, 6.07) is 1.76. The van der Waals surface area contributed by atoms with Crippen LogP contribution in [0, 0.1) is 0 Å². The molecule has 0 N–H and O–H groups in total. The van der Waals surface area contributed by atoms with Crippen molar-refractivity contribution in [3.05, 3.63) is 75.6 Å². The van der Waals surface area contributed by atoms with Gasteiger partial charge in [0.25, 0.3) is 0 Å². The number of carbonyl (C=O) groups is 2. The zero-order valence-electron chi connectivity index (χ0n) is 24.9. The van der Waals surface area contributed by atoms with Gasteiger partial charge in [0.2, 0.25) is 5.78 Å². The van der Waals surface area contributed by atoms with E-state index in [1.54, 1.807) is 13.2 Å². The summed E-state index contributed by atoms with van der Waals surface area (Å²) in [7, 11) is 2.99. The lowest BCUT2D eigenvalue weighted by Crippen LogP contribution is -2.35. The Labute approximate surface area is 237 Å². The van der Waals surface area contributed by atoms with Crippen molar-refractivity contribution in [3.63, 3.8) is 0 Å². The molecule has 0 aromatic heterocycles. The summed E-state index contributed by atoms with van der Waals surface area (Å²) in [5, 5.41) is 0. The summed E-state index contributed by atoms with van der Waals surface area (Å²) >= 11 is 0. The highest BCUT2D eigenvalue weighted by Gasteiger charge is 2.43. The van der Waals surface area contributed by atoms with Gasteiger partial charge in [-0.1, -0.05) is 34.9 Å². The normalized spacial score (nSPS) is 21.4. The van der Waals surface area contributed by atoms with Crippen molar-refractivity contribution in [3.8, 4) is 17.2 Å². The van der Waals surface area contributed by atoms with E-state index in [1.807, 2.05) is 32.1 Å². The van der Waals surface area contributed by atoms with Gasteiger partial charge in [0, 0.05) is 28.8 Å². The molecule has 2 atom stereocenters. The lowest BCUT2D eigenvalue weighted by Gasteiger charge is -2.36. The number of ether oxygens (including phenoxy) is 4. The Morgan fingerprint density at radius 2 is 1.73 bits per heavy atom. The number of carbonyl (C=O) groups excluding carboxylic acids is 2. The highest BCUT2D eigenvalue weighted by Crippen LogP contribution is 2.51. The van der Waals surface area contributed by atoms with E-state index in [0.29, 0.717) is 33.9 Å². The van der Waals surface area contributed by atoms with Crippen molar-refractivity contribution in [2.75, 3.05) is 14.2 Å². The van der Waals surface area contributed by atoms with E-state index in [0.717, 1.165) is 31.3 Å². The van der Waals surface area contributed by atoms with Crippen LogP contribution in [0.25, 0.3) is 11.6 Å². The van der Waals surface area contributed by atoms with E-state index >= 15 is 0 Å². The van der Waals surface area contributed by atoms with E-state index in [1.165, 1.54) is 24.3 Å². The van der Waals surface area contributed by atoms with Crippen molar-refractivity contribution in [2.45, 2.75) is 78.9 Å². The molecule has 0 saturated heterocycles. The minimum atomic E-state index is -0.741. The van der Waals surface area contributed by atoms with Crippen molar-refractivity contribution < 1.29 is 28.5 Å². The summed E-state index contributed by atoms with van der Waals surface area (Å²) in [5.74, 6) is 0.892. The summed E-state index contributed by atoms with van der Waals surface area (Å²) in [6.07, 6.45) is 14.1. The van der Waals surface area contributed by atoms with Crippen LogP contribution in [0.3, 0.4) is 0 Å². The molecule has 1 aliphatic carbocycles. The van der Waals surface area contributed by atoms with Gasteiger partial charge in [-0.3, -0.25) is 9.59 Å². The molecule has 4 rings (SSSR count). The first-order chi connectivity index (χ1) is 19.0. The first-order valence-corrected chi connectivity index (χ1v) is 13.8. The zero-order valence-corrected chi connectivity index (χ0v) is 24.9. The molecule has 3 aliphatic rings. The second-order valence-corrected chi connectivity index (χ2v) is 11.3. The Kier molecular flexibility index (Phi) is 8.57. The Morgan fingerprint density at radius 1 is 1.02 bits per heavy atom. The van der Waals surface area contributed by atoms with Gasteiger partial charge in [0.05, 0.1) is 19.8 Å². The van der Waals surface area contributed by atoms with E-state index in [-0.39, 0.29) is 22.9 Å². The van der Waals surface area contributed by atoms with Crippen LogP contribution >= 0.6 is 0 Å². The molecule has 0 spiro atoms. The lowest BCUT2D eigenvalue weighted by molar-refractivity contribution is -0.118. The van der Waals surface area contributed by atoms with E-state index in [2.05, 4.69) is 39.8 Å². The molecule has 6 heteroatoms. The van der Waals surface area contributed by atoms with Crippen LogP contribution in [-0.2, 0) is 14.3 Å². The summed E-state index contributed by atoms with van der Waals surface area (Å²) < 4.78 is 24.1. The average Bonchev–Trinajstić information content (AvgIpc) is 2.88. The predicted octanol–water partition coefficient (Wildman–Crippen LogP) is 7.50. The highest BCUT2D eigenvalue weighted by atomic mass is 16.5. The van der Waals surface area contributed by atoms with Gasteiger partial charge in [-0.05, 0) is 79.4 Å². The number of ketones is 2. The highest BCUT2D eigenvalue weighted by molar-refractivity contribution is 6.38. The van der Waals surface area contributed by atoms with Crippen molar-refractivity contribution in [2.24, 2.45) is 0 Å². The SMILES string of the molecule is COC1=CC(=O)C2=C(C1=O)C(C=C(C)CCC=C(C)C)Oc1cc(OC)c3c(c12)C=CC(C)(CCC=C(C)C)O3. The molecule has 212 valence electrons. The van der Waals surface area contributed by atoms with Gasteiger partial charge in [-0.2, -0.15) is 0 Å². The molecule has 0 bridgehead atoms. The maximum absolute atomic E-state index is 13.6. The first-order valence-electron chi connectivity index (χ1n) is 13.8. The summed E-state index contributed by atoms with van der Waals surface area (Å²) in [5.41, 5.74) is 4.84. The Balaban J connectivity index is 1.84. The predicted molar refractivity (Wildman–Crippen MR) is 159 cm³/mol. The van der Waals surface area contributed by atoms with Gasteiger partial charge in [0.15, 0.2) is 23.0 Å². The number of fused-ring (bicyclic) bond motifs is 4. The molecular weight excluding hydrogens is 504 g/mol. The quantitative estimate of drug-likeness (QED) is 0.237. The number of allylic oxidation sites excluding steroid dienone is 8. The van der Waals surface area contributed by atoms with Crippen molar-refractivity contribution in [1.82, 2.24) is 0 Å². The maximum Gasteiger partial charge on any atom is 0.228 e. The van der Waals surface area contributed by atoms with Crippen LogP contribution in [0.5, 0.6) is 17.2 Å². The summed E-state index contributed by atoms with van der Waals surface area (Å²) in [6.45, 7) is 12.3. The average molecular weight is 545 g/mol. The number of hydrogen-bond donors (Lipinski definition) is 0. The molecular formula is C34H40O6. The number of methoxy groups -OCH3 is 2. The fourth-order valence-electron chi connectivity index (χ4n) is 5.27. The molecule has 40 heavy (non-hydrogen) atoms. The van der Waals surface area contributed by atoms with Crippen LogP contribution < -0.4 is 14.2 Å². The Morgan fingerprint density at radius 3 is 2.38 bits per heavy atom. The third-order valence-corrected chi connectivity index (χ3v) is 7.38. The van der Waals surface area contributed by atoms with Gasteiger partial charge >= 0.3 is 0 Å². The van der Waals surface area contributed by atoms with E-state index in [4.69, 9.17) is 18.9 Å². The molecule has 2 aliphatic heterocycles. The standard InChI is InChI=1S/C34H40O6/c1-20(2)11-9-13-22(5)17-25-31-30(24(35)18-27(37-7)32(31)36)29-23-14-16-34(6,15-10-12-21(3)4)40-33(23)28(38-8)19-26(29)39-25/h11-12,14,16-19,25H,9-10,13,15H2,1-8H3.